The Morgan fingerprint density at radius 2 is 2.17 bits per heavy atom. The number of alkyl halides is 2. The minimum atomic E-state index is -3.22. The molecule has 8 heteroatoms. The summed E-state index contributed by atoms with van der Waals surface area (Å²) in [6.45, 7) is 1.46. The number of halogens is 2. The van der Waals surface area contributed by atoms with E-state index < -0.39 is 22.0 Å². The summed E-state index contributed by atoms with van der Waals surface area (Å²) in [5.41, 5.74) is 0. The minimum Gasteiger partial charge on any atom is -0.395 e. The highest BCUT2D eigenvalue weighted by molar-refractivity contribution is 7.89. The molecule has 2 N–H and O–H groups in total. The largest absolute Gasteiger partial charge is 0.395 e. The van der Waals surface area contributed by atoms with Gasteiger partial charge in [0.15, 0.2) is 0 Å². The van der Waals surface area contributed by atoms with Gasteiger partial charge in [-0.2, -0.15) is 0 Å². The molecule has 0 bridgehead atoms. The molecule has 1 aliphatic heterocycles. The standard InChI is InChI=1S/C10H20F2N2O3S/c1-2-18(16,17)13-4-3-5-14-8-10(11,12)6-9(14)7-15/h9,13,15H,2-8H2,1H3. The van der Waals surface area contributed by atoms with Crippen LogP contribution in [-0.2, 0) is 10.0 Å². The first kappa shape index (κ1) is 15.7. The Bertz CT molecular complexity index is 362. The van der Waals surface area contributed by atoms with Crippen LogP contribution < -0.4 is 4.72 Å². The summed E-state index contributed by atoms with van der Waals surface area (Å²) in [4.78, 5) is 1.51. The van der Waals surface area contributed by atoms with Gasteiger partial charge in [0.05, 0.1) is 18.9 Å². The molecular weight excluding hydrogens is 266 g/mol. The molecular formula is C10H20F2N2O3S. The molecule has 1 aliphatic rings. The van der Waals surface area contributed by atoms with Crippen molar-refractivity contribution in [3.8, 4) is 0 Å². The van der Waals surface area contributed by atoms with Crippen LogP contribution in [0.5, 0.6) is 0 Å². The molecule has 0 aromatic heterocycles. The second-order valence-electron chi connectivity index (χ2n) is 4.52. The first-order chi connectivity index (χ1) is 8.29. The van der Waals surface area contributed by atoms with Crippen LogP contribution in [0.3, 0.4) is 0 Å². The van der Waals surface area contributed by atoms with E-state index in [2.05, 4.69) is 4.72 Å². The molecule has 108 valence electrons. The van der Waals surface area contributed by atoms with Gasteiger partial charge >= 0.3 is 0 Å². The highest BCUT2D eigenvalue weighted by Gasteiger charge is 2.44. The number of hydrogen-bond donors (Lipinski definition) is 2. The maximum Gasteiger partial charge on any atom is 0.262 e. The monoisotopic (exact) mass is 286 g/mol. The molecule has 0 spiro atoms. The van der Waals surface area contributed by atoms with Crippen molar-refractivity contribution in [2.45, 2.75) is 31.7 Å². The van der Waals surface area contributed by atoms with Crippen LogP contribution in [-0.4, -0.2) is 62.4 Å². The lowest BCUT2D eigenvalue weighted by atomic mass is 10.2. The number of nitrogens with one attached hydrogen (secondary N) is 1. The van der Waals surface area contributed by atoms with Gasteiger partial charge in [0.25, 0.3) is 5.92 Å². The molecule has 1 atom stereocenters. The molecule has 1 unspecified atom stereocenters. The minimum absolute atomic E-state index is 0.00799. The Balaban J connectivity index is 2.31. The molecule has 18 heavy (non-hydrogen) atoms. The molecule has 0 amide bonds. The molecule has 0 saturated carbocycles. The predicted octanol–water partition coefficient (Wildman–Crippen LogP) is 0.0177. The van der Waals surface area contributed by atoms with Gasteiger partial charge in [0.1, 0.15) is 0 Å². The fraction of sp³-hybridized carbons (Fsp3) is 1.00. The van der Waals surface area contributed by atoms with E-state index in [9.17, 15) is 17.2 Å². The summed E-state index contributed by atoms with van der Waals surface area (Å²) in [5.74, 6) is -2.75. The summed E-state index contributed by atoms with van der Waals surface area (Å²) in [7, 11) is -3.22. The maximum atomic E-state index is 13.1. The lowest BCUT2D eigenvalue weighted by molar-refractivity contribution is 0.0117. The van der Waals surface area contributed by atoms with Crippen LogP contribution in [0.2, 0.25) is 0 Å². The van der Waals surface area contributed by atoms with Crippen LogP contribution in [0, 0.1) is 0 Å². The third-order valence-electron chi connectivity index (χ3n) is 3.02. The Morgan fingerprint density at radius 1 is 1.50 bits per heavy atom. The zero-order valence-electron chi connectivity index (χ0n) is 10.4. The van der Waals surface area contributed by atoms with E-state index in [1.165, 1.54) is 11.8 Å². The SMILES string of the molecule is CCS(=O)(=O)NCCCN1CC(F)(F)CC1CO. The van der Waals surface area contributed by atoms with Gasteiger partial charge in [-0.05, 0) is 13.3 Å². The maximum absolute atomic E-state index is 13.1. The molecule has 0 radical (unpaired) electrons. The summed E-state index contributed by atoms with van der Waals surface area (Å²) in [6, 6.07) is -0.525. The predicted molar refractivity (Wildman–Crippen MR) is 64.1 cm³/mol. The molecule has 0 aromatic rings. The highest BCUT2D eigenvalue weighted by atomic mass is 32.2. The molecule has 1 fully saturated rings. The third kappa shape index (κ3) is 4.75. The molecule has 5 nitrogen and oxygen atoms in total. The smallest absolute Gasteiger partial charge is 0.262 e. The van der Waals surface area contributed by atoms with Crippen LogP contribution in [0.4, 0.5) is 8.78 Å². The topological polar surface area (TPSA) is 69.6 Å². The first-order valence-electron chi connectivity index (χ1n) is 6.00. The van der Waals surface area contributed by atoms with Gasteiger partial charge in [-0.25, -0.2) is 21.9 Å². The van der Waals surface area contributed by atoms with Gasteiger partial charge in [-0.1, -0.05) is 0 Å². The summed E-state index contributed by atoms with van der Waals surface area (Å²) in [6.07, 6.45) is 0.121. The number of hydrogen-bond acceptors (Lipinski definition) is 4. The van der Waals surface area contributed by atoms with Crippen molar-refractivity contribution in [3.05, 3.63) is 0 Å². The van der Waals surface area contributed by atoms with Crippen LogP contribution in [0.15, 0.2) is 0 Å². The van der Waals surface area contributed by atoms with E-state index in [-0.39, 0.29) is 31.9 Å². The zero-order valence-corrected chi connectivity index (χ0v) is 11.2. The van der Waals surface area contributed by atoms with Gasteiger partial charge < -0.3 is 5.11 Å². The normalized spacial score (nSPS) is 24.6. The number of rotatable bonds is 7. The van der Waals surface area contributed by atoms with Gasteiger partial charge in [-0.3, -0.25) is 4.90 Å². The third-order valence-corrected chi connectivity index (χ3v) is 4.42. The van der Waals surface area contributed by atoms with Gasteiger partial charge in [0, 0.05) is 25.6 Å². The van der Waals surface area contributed by atoms with E-state index in [0.29, 0.717) is 13.0 Å². The van der Waals surface area contributed by atoms with E-state index >= 15 is 0 Å². The molecule has 1 heterocycles. The average Bonchev–Trinajstić information content (AvgIpc) is 2.59. The van der Waals surface area contributed by atoms with Crippen LogP contribution in [0.25, 0.3) is 0 Å². The van der Waals surface area contributed by atoms with Crippen molar-refractivity contribution in [1.82, 2.24) is 9.62 Å². The molecule has 1 saturated heterocycles. The molecule has 1 rings (SSSR count). The first-order valence-corrected chi connectivity index (χ1v) is 7.65. The summed E-state index contributed by atoms with van der Waals surface area (Å²) < 4.78 is 50.9. The fourth-order valence-corrected chi connectivity index (χ4v) is 2.68. The van der Waals surface area contributed by atoms with Crippen molar-refractivity contribution in [1.29, 1.82) is 0 Å². The number of likely N-dealkylation sites (tertiary alicyclic amines) is 1. The lowest BCUT2D eigenvalue weighted by Crippen LogP contribution is -2.35. The van der Waals surface area contributed by atoms with Gasteiger partial charge in [-0.15, -0.1) is 0 Å². The Labute approximate surface area is 106 Å². The second kappa shape index (κ2) is 6.23. The number of sulfonamides is 1. The number of aliphatic hydroxyl groups excluding tert-OH is 1. The fourth-order valence-electron chi connectivity index (χ4n) is 2.02. The van der Waals surface area contributed by atoms with E-state index in [1.807, 2.05) is 0 Å². The molecule has 0 aliphatic carbocycles. The summed E-state index contributed by atoms with van der Waals surface area (Å²) in [5, 5.41) is 9.01. The van der Waals surface area contributed by atoms with E-state index in [4.69, 9.17) is 5.11 Å². The Hall–Kier alpha value is -0.310. The zero-order chi connectivity index (χ0) is 13.8. The van der Waals surface area contributed by atoms with Crippen molar-refractivity contribution in [2.24, 2.45) is 0 Å². The Morgan fingerprint density at radius 3 is 2.72 bits per heavy atom. The second-order valence-corrected chi connectivity index (χ2v) is 6.61. The van der Waals surface area contributed by atoms with Crippen LogP contribution >= 0.6 is 0 Å². The van der Waals surface area contributed by atoms with E-state index in [1.54, 1.807) is 0 Å². The van der Waals surface area contributed by atoms with Crippen molar-refractivity contribution in [3.63, 3.8) is 0 Å². The van der Waals surface area contributed by atoms with Crippen LogP contribution in [0.1, 0.15) is 19.8 Å². The highest BCUT2D eigenvalue weighted by Crippen LogP contribution is 2.31. The lowest BCUT2D eigenvalue weighted by Gasteiger charge is -2.21. The van der Waals surface area contributed by atoms with E-state index in [0.717, 1.165) is 0 Å². The average molecular weight is 286 g/mol. The summed E-state index contributed by atoms with van der Waals surface area (Å²) >= 11 is 0. The quantitative estimate of drug-likeness (QED) is 0.647. The Kier molecular flexibility index (Phi) is 5.45. The van der Waals surface area contributed by atoms with Crippen molar-refractivity contribution in [2.75, 3.05) is 32.0 Å². The van der Waals surface area contributed by atoms with Crippen molar-refractivity contribution < 1.29 is 22.3 Å². The van der Waals surface area contributed by atoms with Crippen molar-refractivity contribution >= 4 is 10.0 Å². The number of nitrogens with zero attached hydrogens (tertiary/aromatic N) is 1. The molecule has 0 aromatic carbocycles. The van der Waals surface area contributed by atoms with Gasteiger partial charge in [0.2, 0.25) is 10.0 Å². The number of aliphatic hydroxyl groups is 1.